The van der Waals surface area contributed by atoms with Crippen LogP contribution in [0.5, 0.6) is 0 Å². The van der Waals surface area contributed by atoms with Crippen LogP contribution in [0.1, 0.15) is 52.4 Å². The SMILES string of the molecule is CCCCCCCCP(=O)(Cl)CC. The van der Waals surface area contributed by atoms with Gasteiger partial charge in [0, 0.05) is 12.3 Å². The summed E-state index contributed by atoms with van der Waals surface area (Å²) in [6, 6.07) is 0. The Balaban J connectivity index is 3.21. The third-order valence-electron chi connectivity index (χ3n) is 2.32. The van der Waals surface area contributed by atoms with Crippen molar-refractivity contribution in [1.29, 1.82) is 0 Å². The maximum Gasteiger partial charge on any atom is 0.169 e. The highest BCUT2D eigenvalue weighted by Gasteiger charge is 2.13. The predicted octanol–water partition coefficient (Wildman–Crippen LogP) is 4.88. The molecule has 0 aromatic carbocycles. The van der Waals surface area contributed by atoms with Gasteiger partial charge in [-0.2, -0.15) is 0 Å². The van der Waals surface area contributed by atoms with E-state index in [0.717, 1.165) is 12.6 Å². The van der Waals surface area contributed by atoms with Crippen LogP contribution in [0.3, 0.4) is 0 Å². The molecule has 13 heavy (non-hydrogen) atoms. The van der Waals surface area contributed by atoms with E-state index in [2.05, 4.69) is 6.92 Å². The summed E-state index contributed by atoms with van der Waals surface area (Å²) in [5.74, 6) is 0. The standard InChI is InChI=1S/C10H22ClOP/c1-3-5-6-7-8-9-10-13(11,12)4-2/h3-10H2,1-2H3. The smallest absolute Gasteiger partial charge is 0.169 e. The number of hydrogen-bond donors (Lipinski definition) is 0. The quantitative estimate of drug-likeness (QED) is 0.424. The Hall–Kier alpha value is 0.520. The van der Waals surface area contributed by atoms with Crippen LogP contribution in [0.4, 0.5) is 0 Å². The van der Waals surface area contributed by atoms with Crippen molar-refractivity contribution in [2.24, 2.45) is 0 Å². The minimum absolute atomic E-state index is 0.642. The second kappa shape index (κ2) is 7.88. The van der Waals surface area contributed by atoms with Gasteiger partial charge in [0.25, 0.3) is 0 Å². The van der Waals surface area contributed by atoms with Gasteiger partial charge in [-0.1, -0.05) is 57.2 Å². The van der Waals surface area contributed by atoms with Crippen LogP contribution in [-0.4, -0.2) is 12.3 Å². The fraction of sp³-hybridized carbons (Fsp3) is 1.00. The second-order valence-corrected chi connectivity index (χ2v) is 8.11. The van der Waals surface area contributed by atoms with Crippen LogP contribution in [0, 0.1) is 0 Å². The van der Waals surface area contributed by atoms with E-state index in [9.17, 15) is 4.57 Å². The van der Waals surface area contributed by atoms with Gasteiger partial charge < -0.3 is 4.57 Å². The molecule has 0 aromatic rings. The van der Waals surface area contributed by atoms with Crippen LogP contribution in [0.25, 0.3) is 0 Å². The van der Waals surface area contributed by atoms with Gasteiger partial charge in [-0.25, -0.2) is 0 Å². The van der Waals surface area contributed by atoms with Crippen LogP contribution in [0.2, 0.25) is 0 Å². The number of hydrogen-bond acceptors (Lipinski definition) is 1. The molecule has 0 heterocycles. The molecule has 0 aliphatic carbocycles. The zero-order chi connectivity index (χ0) is 10.2. The van der Waals surface area contributed by atoms with Gasteiger partial charge in [-0.15, -0.1) is 0 Å². The molecule has 1 nitrogen and oxygen atoms in total. The third kappa shape index (κ3) is 8.84. The fourth-order valence-corrected chi connectivity index (χ4v) is 2.66. The maximum absolute atomic E-state index is 11.4. The first-order valence-electron chi connectivity index (χ1n) is 5.40. The Bertz CT molecular complexity index is 159. The summed E-state index contributed by atoms with van der Waals surface area (Å²) in [5.41, 5.74) is 0. The van der Waals surface area contributed by atoms with E-state index in [0.29, 0.717) is 6.16 Å². The Kier molecular flexibility index (Phi) is 8.20. The molecule has 0 fully saturated rings. The van der Waals surface area contributed by atoms with Crippen molar-refractivity contribution in [3.8, 4) is 0 Å². The zero-order valence-electron chi connectivity index (χ0n) is 8.89. The van der Waals surface area contributed by atoms with Crippen molar-refractivity contribution >= 4 is 17.7 Å². The van der Waals surface area contributed by atoms with Gasteiger partial charge in [0.1, 0.15) is 0 Å². The molecule has 1 unspecified atom stereocenters. The van der Waals surface area contributed by atoms with Crippen molar-refractivity contribution in [3.63, 3.8) is 0 Å². The predicted molar refractivity (Wildman–Crippen MR) is 62.2 cm³/mol. The van der Waals surface area contributed by atoms with Crippen LogP contribution >= 0.6 is 17.7 Å². The van der Waals surface area contributed by atoms with E-state index in [-0.39, 0.29) is 0 Å². The highest BCUT2D eigenvalue weighted by atomic mass is 35.7. The Morgan fingerprint density at radius 3 is 2.08 bits per heavy atom. The molecule has 1 atom stereocenters. The van der Waals surface area contributed by atoms with Gasteiger partial charge in [-0.3, -0.25) is 0 Å². The average molecular weight is 225 g/mol. The van der Waals surface area contributed by atoms with Crippen molar-refractivity contribution in [3.05, 3.63) is 0 Å². The first-order valence-corrected chi connectivity index (χ1v) is 8.38. The first kappa shape index (κ1) is 13.5. The molecular weight excluding hydrogens is 203 g/mol. The number of halogens is 1. The molecule has 0 saturated heterocycles. The molecule has 0 saturated carbocycles. The number of unbranched alkanes of at least 4 members (excludes halogenated alkanes) is 5. The van der Waals surface area contributed by atoms with E-state index in [1.165, 1.54) is 32.1 Å². The Morgan fingerprint density at radius 1 is 1.00 bits per heavy atom. The summed E-state index contributed by atoms with van der Waals surface area (Å²) in [6.07, 6.45) is 8.80. The summed E-state index contributed by atoms with van der Waals surface area (Å²) in [7, 11) is 0. The Labute approximate surface area is 87.4 Å². The highest BCUT2D eigenvalue weighted by molar-refractivity contribution is 7.89. The van der Waals surface area contributed by atoms with E-state index >= 15 is 0 Å². The van der Waals surface area contributed by atoms with Gasteiger partial charge in [0.2, 0.25) is 0 Å². The molecule has 3 heteroatoms. The lowest BCUT2D eigenvalue weighted by molar-refractivity contribution is 0.578. The molecule has 0 spiro atoms. The van der Waals surface area contributed by atoms with E-state index in [4.69, 9.17) is 11.2 Å². The summed E-state index contributed by atoms with van der Waals surface area (Å²) < 4.78 is 11.4. The summed E-state index contributed by atoms with van der Waals surface area (Å²) in [5, 5.41) is 0. The van der Waals surface area contributed by atoms with Crippen molar-refractivity contribution in [2.45, 2.75) is 52.4 Å². The number of rotatable bonds is 8. The minimum Gasteiger partial charge on any atom is -0.307 e. The van der Waals surface area contributed by atoms with Gasteiger partial charge >= 0.3 is 0 Å². The van der Waals surface area contributed by atoms with Gasteiger partial charge in [0.15, 0.2) is 6.49 Å². The van der Waals surface area contributed by atoms with Crippen molar-refractivity contribution < 1.29 is 4.57 Å². The lowest BCUT2D eigenvalue weighted by atomic mass is 10.1. The zero-order valence-corrected chi connectivity index (χ0v) is 10.5. The van der Waals surface area contributed by atoms with E-state index < -0.39 is 6.49 Å². The van der Waals surface area contributed by atoms with Crippen molar-refractivity contribution in [1.82, 2.24) is 0 Å². The molecular formula is C10H22ClOP. The molecule has 80 valence electrons. The highest BCUT2D eigenvalue weighted by Crippen LogP contribution is 2.51. The average Bonchev–Trinajstić information content (AvgIpc) is 2.11. The molecule has 0 bridgehead atoms. The molecule has 0 N–H and O–H groups in total. The molecule has 0 aliphatic rings. The van der Waals surface area contributed by atoms with Crippen LogP contribution in [-0.2, 0) is 4.57 Å². The van der Waals surface area contributed by atoms with Crippen LogP contribution < -0.4 is 0 Å². The first-order chi connectivity index (χ1) is 6.12. The molecule has 0 radical (unpaired) electrons. The van der Waals surface area contributed by atoms with Crippen LogP contribution in [0.15, 0.2) is 0 Å². The lowest BCUT2D eigenvalue weighted by Gasteiger charge is -2.06. The second-order valence-electron chi connectivity index (χ2n) is 3.60. The fourth-order valence-electron chi connectivity index (χ4n) is 1.29. The molecule has 0 amide bonds. The molecule has 0 aliphatic heterocycles. The monoisotopic (exact) mass is 224 g/mol. The summed E-state index contributed by atoms with van der Waals surface area (Å²) in [4.78, 5) is 0. The lowest BCUT2D eigenvalue weighted by Crippen LogP contribution is -1.87. The Morgan fingerprint density at radius 2 is 1.54 bits per heavy atom. The van der Waals surface area contributed by atoms with Gasteiger partial charge in [-0.05, 0) is 6.42 Å². The topological polar surface area (TPSA) is 17.1 Å². The summed E-state index contributed by atoms with van der Waals surface area (Å²) in [6.45, 7) is 1.86. The van der Waals surface area contributed by atoms with E-state index in [1.54, 1.807) is 0 Å². The summed E-state index contributed by atoms with van der Waals surface area (Å²) >= 11 is 5.82. The van der Waals surface area contributed by atoms with Gasteiger partial charge in [0.05, 0.1) is 0 Å². The van der Waals surface area contributed by atoms with E-state index in [1.807, 2.05) is 6.92 Å². The third-order valence-corrected chi connectivity index (χ3v) is 5.47. The molecule has 0 aromatic heterocycles. The minimum atomic E-state index is -2.26. The largest absolute Gasteiger partial charge is 0.307 e. The normalized spacial score (nSPS) is 15.6. The van der Waals surface area contributed by atoms with Crippen molar-refractivity contribution in [2.75, 3.05) is 12.3 Å². The molecule has 0 rings (SSSR count). The maximum atomic E-state index is 11.4.